The third-order valence-electron chi connectivity index (χ3n) is 4.70. The van der Waals surface area contributed by atoms with Gasteiger partial charge in [-0.15, -0.1) is 0 Å². The molecule has 4 rings (SSSR count). The number of benzene rings is 1. The third-order valence-corrected chi connectivity index (χ3v) is 4.70. The van der Waals surface area contributed by atoms with Gasteiger partial charge in [-0.3, -0.25) is 9.59 Å². The number of amides is 1. The summed E-state index contributed by atoms with van der Waals surface area (Å²) in [5, 5.41) is 8.33. The Morgan fingerprint density at radius 2 is 2.08 bits per heavy atom. The van der Waals surface area contributed by atoms with Crippen molar-refractivity contribution in [3.05, 3.63) is 63.7 Å². The third kappa shape index (κ3) is 3.20. The van der Waals surface area contributed by atoms with Crippen LogP contribution in [0.3, 0.4) is 0 Å². The molecule has 1 aromatic carbocycles. The topological polar surface area (TPSA) is 79.8 Å². The summed E-state index contributed by atoms with van der Waals surface area (Å²) in [7, 11) is 0. The van der Waals surface area contributed by atoms with E-state index in [9.17, 15) is 9.59 Å². The Kier molecular flexibility index (Phi) is 4.09. The number of carbonyl (C=O) groups excluding carboxylic acids is 1. The molecule has 0 aliphatic heterocycles. The maximum absolute atomic E-state index is 12.3. The van der Waals surface area contributed by atoms with E-state index >= 15 is 0 Å². The van der Waals surface area contributed by atoms with Crippen molar-refractivity contribution in [2.24, 2.45) is 0 Å². The molecule has 3 aromatic rings. The molecule has 0 saturated heterocycles. The number of H-pyrrole nitrogens is 1. The number of aryl methyl sites for hydroxylation is 2. The second-order valence-electron chi connectivity index (χ2n) is 6.42. The molecule has 2 aromatic heterocycles. The van der Waals surface area contributed by atoms with Crippen molar-refractivity contribution < 1.29 is 4.79 Å². The number of aromatic nitrogens is 3. The van der Waals surface area contributed by atoms with E-state index in [1.165, 1.54) is 4.68 Å². The molecule has 2 heterocycles. The Hall–Kier alpha value is -2.89. The number of fused-ring (bicyclic) bond motifs is 2. The van der Waals surface area contributed by atoms with Crippen LogP contribution in [0.1, 0.15) is 34.5 Å². The smallest absolute Gasteiger partial charge is 0.267 e. The average molecular weight is 336 g/mol. The standard InChI is InChI=1S/C19H20N4O2/c24-18-12-13-3-1-2-4-17(13)22-23(18)10-9-21-19(25)15-5-6-16-14(11-15)7-8-20-16/h5-8,11-12,20H,1-4,9-10H2,(H,21,25). The molecule has 0 atom stereocenters. The van der Waals surface area contributed by atoms with Crippen LogP contribution in [0.2, 0.25) is 0 Å². The van der Waals surface area contributed by atoms with Gasteiger partial charge in [0.25, 0.3) is 11.5 Å². The van der Waals surface area contributed by atoms with E-state index < -0.39 is 0 Å². The van der Waals surface area contributed by atoms with Gasteiger partial charge in [-0.25, -0.2) is 4.68 Å². The molecular formula is C19H20N4O2. The van der Waals surface area contributed by atoms with Crippen LogP contribution in [0.4, 0.5) is 0 Å². The summed E-state index contributed by atoms with van der Waals surface area (Å²) >= 11 is 0. The Labute approximate surface area is 144 Å². The Balaban J connectivity index is 1.41. The lowest BCUT2D eigenvalue weighted by Crippen LogP contribution is -2.33. The van der Waals surface area contributed by atoms with Crippen LogP contribution < -0.4 is 10.9 Å². The molecule has 1 aliphatic rings. The summed E-state index contributed by atoms with van der Waals surface area (Å²) in [6.07, 6.45) is 5.96. The van der Waals surface area contributed by atoms with Crippen molar-refractivity contribution >= 4 is 16.8 Å². The van der Waals surface area contributed by atoms with Crippen LogP contribution in [0.15, 0.2) is 41.3 Å². The van der Waals surface area contributed by atoms with Gasteiger partial charge in [0.05, 0.1) is 12.2 Å². The number of rotatable bonds is 4. The quantitative estimate of drug-likeness (QED) is 0.765. The second kappa shape index (κ2) is 6.55. The highest BCUT2D eigenvalue weighted by atomic mass is 16.1. The number of aromatic amines is 1. The first-order valence-corrected chi connectivity index (χ1v) is 8.66. The van der Waals surface area contributed by atoms with Crippen molar-refractivity contribution in [1.29, 1.82) is 0 Å². The van der Waals surface area contributed by atoms with Crippen molar-refractivity contribution in [3.63, 3.8) is 0 Å². The highest BCUT2D eigenvalue weighted by Crippen LogP contribution is 2.17. The van der Waals surface area contributed by atoms with Gasteiger partial charge in [0.2, 0.25) is 0 Å². The minimum absolute atomic E-state index is 0.0939. The number of nitrogens with zero attached hydrogens (tertiary/aromatic N) is 2. The van der Waals surface area contributed by atoms with Crippen molar-refractivity contribution in [3.8, 4) is 0 Å². The fourth-order valence-corrected chi connectivity index (χ4v) is 3.33. The van der Waals surface area contributed by atoms with Gasteiger partial charge in [0.15, 0.2) is 0 Å². The van der Waals surface area contributed by atoms with Crippen molar-refractivity contribution in [2.45, 2.75) is 32.2 Å². The second-order valence-corrected chi connectivity index (χ2v) is 6.42. The summed E-state index contributed by atoms with van der Waals surface area (Å²) in [6.45, 7) is 0.750. The van der Waals surface area contributed by atoms with Crippen LogP contribution in [0.25, 0.3) is 10.9 Å². The molecule has 0 radical (unpaired) electrons. The predicted octanol–water partition coefficient (Wildman–Crippen LogP) is 2.03. The largest absolute Gasteiger partial charge is 0.361 e. The number of hydrogen-bond acceptors (Lipinski definition) is 3. The summed E-state index contributed by atoms with van der Waals surface area (Å²) in [6, 6.07) is 9.16. The Morgan fingerprint density at radius 3 is 3.00 bits per heavy atom. The summed E-state index contributed by atoms with van der Waals surface area (Å²) < 4.78 is 1.46. The molecule has 0 spiro atoms. The Bertz CT molecular complexity index is 986. The number of nitrogens with one attached hydrogen (secondary N) is 2. The van der Waals surface area contributed by atoms with Gasteiger partial charge in [-0.05, 0) is 55.5 Å². The summed E-state index contributed by atoms with van der Waals surface area (Å²) in [5.41, 5.74) is 3.62. The van der Waals surface area contributed by atoms with Gasteiger partial charge in [-0.1, -0.05) is 0 Å². The monoisotopic (exact) mass is 336 g/mol. The van der Waals surface area contributed by atoms with Crippen LogP contribution in [-0.4, -0.2) is 27.2 Å². The van der Waals surface area contributed by atoms with E-state index in [1.807, 2.05) is 24.4 Å². The molecule has 0 saturated carbocycles. The maximum atomic E-state index is 12.3. The van der Waals surface area contributed by atoms with Crippen LogP contribution >= 0.6 is 0 Å². The van der Waals surface area contributed by atoms with E-state index in [2.05, 4.69) is 15.4 Å². The lowest BCUT2D eigenvalue weighted by Gasteiger charge is -2.16. The predicted molar refractivity (Wildman–Crippen MR) is 95.8 cm³/mol. The molecule has 0 fully saturated rings. The van der Waals surface area contributed by atoms with Crippen molar-refractivity contribution in [2.75, 3.05) is 6.54 Å². The summed E-state index contributed by atoms with van der Waals surface area (Å²) in [5.74, 6) is -0.144. The van der Waals surface area contributed by atoms with E-state index in [0.29, 0.717) is 18.7 Å². The number of hydrogen-bond donors (Lipinski definition) is 2. The van der Waals surface area contributed by atoms with E-state index in [-0.39, 0.29) is 11.5 Å². The zero-order chi connectivity index (χ0) is 17.2. The number of carbonyl (C=O) groups is 1. The molecule has 0 unspecified atom stereocenters. The molecule has 6 nitrogen and oxygen atoms in total. The zero-order valence-electron chi connectivity index (χ0n) is 13.9. The van der Waals surface area contributed by atoms with Crippen LogP contribution in [0.5, 0.6) is 0 Å². The highest BCUT2D eigenvalue weighted by molar-refractivity contribution is 5.98. The lowest BCUT2D eigenvalue weighted by atomic mass is 9.97. The molecule has 6 heteroatoms. The highest BCUT2D eigenvalue weighted by Gasteiger charge is 2.13. The molecule has 1 aliphatic carbocycles. The fraction of sp³-hybridized carbons (Fsp3) is 0.316. The van der Waals surface area contributed by atoms with E-state index in [0.717, 1.165) is 47.8 Å². The molecule has 0 bridgehead atoms. The summed E-state index contributed by atoms with van der Waals surface area (Å²) in [4.78, 5) is 27.5. The maximum Gasteiger partial charge on any atom is 0.267 e. The fourth-order valence-electron chi connectivity index (χ4n) is 3.33. The van der Waals surface area contributed by atoms with Crippen LogP contribution in [0, 0.1) is 0 Å². The zero-order valence-corrected chi connectivity index (χ0v) is 13.9. The average Bonchev–Trinajstić information content (AvgIpc) is 3.09. The SMILES string of the molecule is O=C(NCCn1nc2c(cc1=O)CCCC2)c1ccc2[nH]ccc2c1. The van der Waals surface area contributed by atoms with Gasteiger partial charge >= 0.3 is 0 Å². The van der Waals surface area contributed by atoms with Gasteiger partial charge in [-0.2, -0.15) is 5.10 Å². The first-order valence-electron chi connectivity index (χ1n) is 8.66. The molecule has 2 N–H and O–H groups in total. The lowest BCUT2D eigenvalue weighted by molar-refractivity contribution is 0.0952. The van der Waals surface area contributed by atoms with E-state index in [4.69, 9.17) is 0 Å². The van der Waals surface area contributed by atoms with Gasteiger partial charge < -0.3 is 10.3 Å². The van der Waals surface area contributed by atoms with Gasteiger partial charge in [0.1, 0.15) is 0 Å². The molecule has 25 heavy (non-hydrogen) atoms. The molecular weight excluding hydrogens is 316 g/mol. The van der Waals surface area contributed by atoms with Crippen LogP contribution in [-0.2, 0) is 19.4 Å². The molecule has 1 amide bonds. The first-order chi connectivity index (χ1) is 12.2. The van der Waals surface area contributed by atoms with Crippen molar-refractivity contribution in [1.82, 2.24) is 20.1 Å². The van der Waals surface area contributed by atoms with E-state index in [1.54, 1.807) is 12.1 Å². The molecule has 128 valence electrons. The minimum atomic E-state index is -0.144. The Morgan fingerprint density at radius 1 is 1.20 bits per heavy atom. The first kappa shape index (κ1) is 15.6. The normalized spacial score (nSPS) is 13.6. The van der Waals surface area contributed by atoms with Gasteiger partial charge in [0, 0.05) is 35.3 Å². The minimum Gasteiger partial charge on any atom is -0.361 e.